The van der Waals surface area contributed by atoms with E-state index in [1.165, 1.54) is 32.2 Å². The Kier molecular flexibility index (Phi) is 6.90. The molecular weight excluding hydrogens is 198 g/mol. The van der Waals surface area contributed by atoms with Crippen LogP contribution in [0.2, 0.25) is 0 Å². The molecule has 1 rings (SSSR count). The van der Waals surface area contributed by atoms with E-state index in [1.807, 2.05) is 18.7 Å². The zero-order valence-corrected chi connectivity index (χ0v) is 10.7. The van der Waals surface area contributed by atoms with Crippen molar-refractivity contribution in [2.75, 3.05) is 13.1 Å². The second kappa shape index (κ2) is 8.34. The van der Waals surface area contributed by atoms with Crippen molar-refractivity contribution in [3.63, 3.8) is 0 Å². The molecule has 0 aliphatic carbocycles. The van der Waals surface area contributed by atoms with E-state index in [0.29, 0.717) is 0 Å². The second-order valence-corrected chi connectivity index (χ2v) is 4.61. The summed E-state index contributed by atoms with van der Waals surface area (Å²) in [6.45, 7) is 7.97. The maximum Gasteiger partial charge on any atom is 0.0945 e. The molecule has 0 fully saturated rings. The van der Waals surface area contributed by atoms with E-state index in [4.69, 9.17) is 0 Å². The van der Waals surface area contributed by atoms with Gasteiger partial charge >= 0.3 is 0 Å². The van der Waals surface area contributed by atoms with Gasteiger partial charge in [0, 0.05) is 18.9 Å². The number of nitrogens with zero attached hydrogens (tertiary/aromatic N) is 2. The lowest BCUT2D eigenvalue weighted by atomic mass is 10.1. The SMILES string of the molecule is CCCC(C)CNCCCCn1ccnc1. The fourth-order valence-corrected chi connectivity index (χ4v) is 1.91. The molecular formula is C13H25N3. The van der Waals surface area contributed by atoms with Gasteiger partial charge in [-0.2, -0.15) is 0 Å². The van der Waals surface area contributed by atoms with Gasteiger partial charge < -0.3 is 9.88 Å². The first-order chi connectivity index (χ1) is 7.83. The first kappa shape index (κ1) is 13.2. The molecule has 0 aliphatic heterocycles. The molecule has 92 valence electrons. The highest BCUT2D eigenvalue weighted by atomic mass is 15.0. The lowest BCUT2D eigenvalue weighted by Crippen LogP contribution is -2.22. The van der Waals surface area contributed by atoms with Gasteiger partial charge in [0.05, 0.1) is 6.33 Å². The highest BCUT2D eigenvalue weighted by Crippen LogP contribution is 2.02. The second-order valence-electron chi connectivity index (χ2n) is 4.61. The third-order valence-corrected chi connectivity index (χ3v) is 2.85. The Labute approximate surface area is 99.3 Å². The van der Waals surface area contributed by atoms with Crippen LogP contribution in [-0.4, -0.2) is 22.6 Å². The summed E-state index contributed by atoms with van der Waals surface area (Å²) in [5.74, 6) is 0.818. The minimum Gasteiger partial charge on any atom is -0.337 e. The first-order valence-corrected chi connectivity index (χ1v) is 6.49. The zero-order valence-electron chi connectivity index (χ0n) is 10.7. The molecule has 0 aliphatic rings. The average molecular weight is 223 g/mol. The highest BCUT2D eigenvalue weighted by Gasteiger charge is 1.98. The summed E-state index contributed by atoms with van der Waals surface area (Å²) in [5.41, 5.74) is 0. The number of unbranched alkanes of at least 4 members (excludes halogenated alkanes) is 1. The molecule has 0 saturated carbocycles. The molecule has 0 bridgehead atoms. The van der Waals surface area contributed by atoms with Gasteiger partial charge in [-0.1, -0.05) is 20.3 Å². The summed E-state index contributed by atoms with van der Waals surface area (Å²) >= 11 is 0. The van der Waals surface area contributed by atoms with Crippen molar-refractivity contribution < 1.29 is 0 Å². The van der Waals surface area contributed by atoms with Crippen molar-refractivity contribution in [2.45, 2.75) is 46.1 Å². The Morgan fingerprint density at radius 3 is 2.94 bits per heavy atom. The lowest BCUT2D eigenvalue weighted by molar-refractivity contribution is 0.465. The van der Waals surface area contributed by atoms with Crippen molar-refractivity contribution in [1.82, 2.24) is 14.9 Å². The van der Waals surface area contributed by atoms with E-state index in [-0.39, 0.29) is 0 Å². The Hall–Kier alpha value is -0.830. The van der Waals surface area contributed by atoms with Gasteiger partial charge in [-0.3, -0.25) is 0 Å². The molecule has 0 saturated heterocycles. The van der Waals surface area contributed by atoms with Crippen LogP contribution in [0.25, 0.3) is 0 Å². The van der Waals surface area contributed by atoms with Gasteiger partial charge in [-0.15, -0.1) is 0 Å². The van der Waals surface area contributed by atoms with Crippen LogP contribution in [0.1, 0.15) is 39.5 Å². The first-order valence-electron chi connectivity index (χ1n) is 6.49. The molecule has 16 heavy (non-hydrogen) atoms. The van der Waals surface area contributed by atoms with Gasteiger partial charge in [0.1, 0.15) is 0 Å². The van der Waals surface area contributed by atoms with Crippen LogP contribution in [0, 0.1) is 5.92 Å². The van der Waals surface area contributed by atoms with Crippen molar-refractivity contribution in [2.24, 2.45) is 5.92 Å². The number of hydrogen-bond donors (Lipinski definition) is 1. The van der Waals surface area contributed by atoms with E-state index >= 15 is 0 Å². The zero-order chi connectivity index (χ0) is 11.6. The van der Waals surface area contributed by atoms with Crippen LogP contribution < -0.4 is 5.32 Å². The number of nitrogens with one attached hydrogen (secondary N) is 1. The summed E-state index contributed by atoms with van der Waals surface area (Å²) < 4.78 is 2.14. The molecule has 0 amide bonds. The van der Waals surface area contributed by atoms with Gasteiger partial charge in [0.25, 0.3) is 0 Å². The number of rotatable bonds is 9. The predicted molar refractivity (Wildman–Crippen MR) is 68.4 cm³/mol. The van der Waals surface area contributed by atoms with Crippen LogP contribution >= 0.6 is 0 Å². The quantitative estimate of drug-likeness (QED) is 0.652. The standard InChI is InChI=1S/C13H25N3/c1-3-6-13(2)11-14-7-4-5-9-16-10-8-15-12-16/h8,10,12-14H,3-7,9,11H2,1-2H3. The molecule has 1 aromatic rings. The van der Waals surface area contributed by atoms with Crippen molar-refractivity contribution in [3.05, 3.63) is 18.7 Å². The van der Waals surface area contributed by atoms with E-state index in [0.717, 1.165) is 19.0 Å². The smallest absolute Gasteiger partial charge is 0.0945 e. The molecule has 3 heteroatoms. The summed E-state index contributed by atoms with van der Waals surface area (Å²) in [6.07, 6.45) is 10.9. The van der Waals surface area contributed by atoms with Crippen LogP contribution in [0.15, 0.2) is 18.7 Å². The number of hydrogen-bond acceptors (Lipinski definition) is 2. The van der Waals surface area contributed by atoms with Gasteiger partial charge in [0.15, 0.2) is 0 Å². The summed E-state index contributed by atoms with van der Waals surface area (Å²) in [4.78, 5) is 4.03. The molecule has 0 aromatic carbocycles. The monoisotopic (exact) mass is 223 g/mol. The normalized spacial score (nSPS) is 12.9. The van der Waals surface area contributed by atoms with E-state index < -0.39 is 0 Å². The molecule has 1 aromatic heterocycles. The van der Waals surface area contributed by atoms with Crippen LogP contribution in [0.4, 0.5) is 0 Å². The van der Waals surface area contributed by atoms with Crippen LogP contribution in [0.5, 0.6) is 0 Å². The largest absolute Gasteiger partial charge is 0.337 e. The predicted octanol–water partition coefficient (Wildman–Crippen LogP) is 2.69. The summed E-state index contributed by atoms with van der Waals surface area (Å²) in [5, 5.41) is 3.53. The molecule has 1 N–H and O–H groups in total. The molecule has 1 unspecified atom stereocenters. The minimum absolute atomic E-state index is 0.818. The Morgan fingerprint density at radius 1 is 1.38 bits per heavy atom. The third-order valence-electron chi connectivity index (χ3n) is 2.85. The topological polar surface area (TPSA) is 29.9 Å². The highest BCUT2D eigenvalue weighted by molar-refractivity contribution is 4.73. The molecule has 3 nitrogen and oxygen atoms in total. The Bertz CT molecular complexity index is 244. The molecule has 1 atom stereocenters. The van der Waals surface area contributed by atoms with Gasteiger partial charge in [-0.05, 0) is 38.3 Å². The van der Waals surface area contributed by atoms with E-state index in [1.54, 1.807) is 0 Å². The van der Waals surface area contributed by atoms with Gasteiger partial charge in [0.2, 0.25) is 0 Å². The fraction of sp³-hybridized carbons (Fsp3) is 0.769. The van der Waals surface area contributed by atoms with E-state index in [2.05, 4.69) is 28.7 Å². The maximum absolute atomic E-state index is 4.03. The number of aromatic nitrogens is 2. The van der Waals surface area contributed by atoms with Crippen LogP contribution in [0.3, 0.4) is 0 Å². The summed E-state index contributed by atoms with van der Waals surface area (Å²) in [6, 6.07) is 0. The van der Waals surface area contributed by atoms with Crippen LogP contribution in [-0.2, 0) is 6.54 Å². The Balaban J connectivity index is 1.88. The van der Waals surface area contributed by atoms with Crippen molar-refractivity contribution in [3.8, 4) is 0 Å². The van der Waals surface area contributed by atoms with Crippen molar-refractivity contribution in [1.29, 1.82) is 0 Å². The third kappa shape index (κ3) is 5.91. The average Bonchev–Trinajstić information content (AvgIpc) is 2.76. The Morgan fingerprint density at radius 2 is 2.25 bits per heavy atom. The minimum atomic E-state index is 0.818. The van der Waals surface area contributed by atoms with Crippen molar-refractivity contribution >= 4 is 0 Å². The maximum atomic E-state index is 4.03. The molecule has 1 heterocycles. The molecule has 0 radical (unpaired) electrons. The lowest BCUT2D eigenvalue weighted by Gasteiger charge is -2.11. The van der Waals surface area contributed by atoms with E-state index in [9.17, 15) is 0 Å². The number of aryl methyl sites for hydroxylation is 1. The summed E-state index contributed by atoms with van der Waals surface area (Å²) in [7, 11) is 0. The molecule has 0 spiro atoms. The fourth-order valence-electron chi connectivity index (χ4n) is 1.91. The van der Waals surface area contributed by atoms with Gasteiger partial charge in [-0.25, -0.2) is 4.98 Å². The number of imidazole rings is 1.